The molecule has 6 rings (SSSR count). The highest BCUT2D eigenvalue weighted by atomic mass is 32.2. The molecule has 12 heteroatoms. The van der Waals surface area contributed by atoms with Gasteiger partial charge in [0, 0.05) is 80.5 Å². The summed E-state index contributed by atoms with van der Waals surface area (Å²) in [6, 6.07) is 5.01. The van der Waals surface area contributed by atoms with Crippen LogP contribution >= 0.6 is 0 Å². The van der Waals surface area contributed by atoms with Crippen LogP contribution in [0.5, 0.6) is 11.6 Å². The molecule has 0 N–H and O–H groups in total. The van der Waals surface area contributed by atoms with Crippen LogP contribution in [0.2, 0.25) is 0 Å². The Morgan fingerprint density at radius 1 is 1.07 bits per heavy atom. The van der Waals surface area contributed by atoms with Gasteiger partial charge in [0.05, 0.1) is 18.6 Å². The molecule has 10 nitrogen and oxygen atoms in total. The van der Waals surface area contributed by atoms with Crippen LogP contribution in [0, 0.1) is 5.82 Å². The summed E-state index contributed by atoms with van der Waals surface area (Å²) in [4.78, 5) is 18.7. The second kappa shape index (κ2) is 11.7. The standard InChI is InChI=1S/C29H36FN5O5S/c1-38-28-20(18-41(2,36)37)12-19(15-31-28)26-24-13-21(30)14-25(27(24)33-29(32-26)34-8-4-3-5-9-34)40-23-16-35(17-23)22-6-10-39-11-7-22/h12-15,22-23H,3-11,16-18H2,1-2H3. The first-order chi connectivity index (χ1) is 19.8. The number of sulfone groups is 1. The molecule has 0 aliphatic carbocycles. The van der Waals surface area contributed by atoms with Crippen LogP contribution in [0.3, 0.4) is 0 Å². The summed E-state index contributed by atoms with van der Waals surface area (Å²) in [6.45, 7) is 4.77. The number of ether oxygens (including phenoxy) is 3. The van der Waals surface area contributed by atoms with Gasteiger partial charge in [-0.15, -0.1) is 0 Å². The van der Waals surface area contributed by atoms with Crippen molar-refractivity contribution in [2.24, 2.45) is 0 Å². The average Bonchev–Trinajstić information content (AvgIpc) is 2.94. The highest BCUT2D eigenvalue weighted by molar-refractivity contribution is 7.89. The molecular weight excluding hydrogens is 549 g/mol. The number of rotatable bonds is 8. The molecule has 3 saturated heterocycles. The van der Waals surface area contributed by atoms with Crippen LogP contribution in [-0.4, -0.2) is 93.2 Å². The molecule has 0 radical (unpaired) electrons. The number of methoxy groups -OCH3 is 1. The zero-order chi connectivity index (χ0) is 28.6. The van der Waals surface area contributed by atoms with E-state index in [4.69, 9.17) is 24.2 Å². The molecular formula is C29H36FN5O5S. The van der Waals surface area contributed by atoms with E-state index in [0.29, 0.717) is 45.5 Å². The van der Waals surface area contributed by atoms with E-state index in [1.807, 2.05) is 0 Å². The quantitative estimate of drug-likeness (QED) is 0.389. The van der Waals surface area contributed by atoms with Crippen LogP contribution in [0.1, 0.15) is 37.7 Å². The van der Waals surface area contributed by atoms with Crippen molar-refractivity contribution in [1.82, 2.24) is 19.9 Å². The predicted molar refractivity (Wildman–Crippen MR) is 154 cm³/mol. The first kappa shape index (κ1) is 28.0. The van der Waals surface area contributed by atoms with Crippen molar-refractivity contribution in [3.05, 3.63) is 35.8 Å². The van der Waals surface area contributed by atoms with Crippen LogP contribution in [-0.2, 0) is 20.3 Å². The fraction of sp³-hybridized carbons (Fsp3) is 0.552. The highest BCUT2D eigenvalue weighted by Crippen LogP contribution is 2.37. The summed E-state index contributed by atoms with van der Waals surface area (Å²) in [5, 5.41) is 0.485. The molecule has 3 aliphatic heterocycles. The molecule has 0 bridgehead atoms. The molecule has 0 atom stereocenters. The fourth-order valence-electron chi connectivity index (χ4n) is 5.97. The van der Waals surface area contributed by atoms with Gasteiger partial charge in [0.2, 0.25) is 11.8 Å². The van der Waals surface area contributed by atoms with Crippen LogP contribution in [0.25, 0.3) is 22.2 Å². The van der Waals surface area contributed by atoms with E-state index in [9.17, 15) is 8.42 Å². The maximum absolute atomic E-state index is 15.1. The molecule has 0 unspecified atom stereocenters. The van der Waals surface area contributed by atoms with Crippen molar-refractivity contribution in [2.75, 3.05) is 57.7 Å². The number of pyridine rings is 1. The summed E-state index contributed by atoms with van der Waals surface area (Å²) < 4.78 is 56.6. The largest absolute Gasteiger partial charge is 0.485 e. The van der Waals surface area contributed by atoms with Gasteiger partial charge in [-0.1, -0.05) is 0 Å². The van der Waals surface area contributed by atoms with Crippen molar-refractivity contribution in [1.29, 1.82) is 0 Å². The van der Waals surface area contributed by atoms with Gasteiger partial charge >= 0.3 is 0 Å². The molecule has 41 heavy (non-hydrogen) atoms. The Labute approximate surface area is 239 Å². The lowest BCUT2D eigenvalue weighted by Crippen LogP contribution is -2.58. The zero-order valence-corrected chi connectivity index (χ0v) is 24.3. The molecule has 0 amide bonds. The molecule has 220 valence electrons. The number of hydrogen-bond acceptors (Lipinski definition) is 10. The van der Waals surface area contributed by atoms with Gasteiger partial charge in [-0.3, -0.25) is 4.90 Å². The third kappa shape index (κ3) is 6.24. The molecule has 5 heterocycles. The molecule has 3 fully saturated rings. The Hall–Kier alpha value is -3.09. The van der Waals surface area contributed by atoms with Gasteiger partial charge in [-0.05, 0) is 44.2 Å². The van der Waals surface area contributed by atoms with Crippen molar-refractivity contribution in [3.63, 3.8) is 0 Å². The minimum Gasteiger partial charge on any atom is -0.485 e. The number of nitrogens with zero attached hydrogens (tertiary/aromatic N) is 5. The average molecular weight is 586 g/mol. The summed E-state index contributed by atoms with van der Waals surface area (Å²) >= 11 is 0. The monoisotopic (exact) mass is 585 g/mol. The van der Waals surface area contributed by atoms with E-state index >= 15 is 4.39 Å². The summed E-state index contributed by atoms with van der Waals surface area (Å²) in [7, 11) is -1.92. The lowest BCUT2D eigenvalue weighted by atomic mass is 10.0. The van der Waals surface area contributed by atoms with Gasteiger partial charge in [-0.25, -0.2) is 27.8 Å². The minimum atomic E-state index is -3.36. The maximum Gasteiger partial charge on any atom is 0.226 e. The van der Waals surface area contributed by atoms with E-state index in [-0.39, 0.29) is 17.7 Å². The summed E-state index contributed by atoms with van der Waals surface area (Å²) in [5.74, 6) is 0.454. The van der Waals surface area contributed by atoms with Gasteiger partial charge < -0.3 is 19.1 Å². The lowest BCUT2D eigenvalue weighted by Gasteiger charge is -2.45. The SMILES string of the molecule is COc1ncc(-c2nc(N3CCCCC3)nc3c(OC4CN(C5CCOCC5)C4)cc(F)cc23)cc1CS(C)(=O)=O. The normalized spacial score (nSPS) is 19.3. The number of aromatic nitrogens is 3. The van der Waals surface area contributed by atoms with Crippen molar-refractivity contribution in [3.8, 4) is 22.9 Å². The van der Waals surface area contributed by atoms with Crippen molar-refractivity contribution < 1.29 is 27.0 Å². The predicted octanol–water partition coefficient (Wildman–Crippen LogP) is 3.62. The third-order valence-corrected chi connectivity index (χ3v) is 8.88. The summed E-state index contributed by atoms with van der Waals surface area (Å²) in [5.41, 5.74) is 1.97. The topological polar surface area (TPSA) is 107 Å². The lowest BCUT2D eigenvalue weighted by molar-refractivity contribution is -0.0451. The van der Waals surface area contributed by atoms with Crippen molar-refractivity contribution >= 4 is 26.7 Å². The van der Waals surface area contributed by atoms with Gasteiger partial charge in [-0.2, -0.15) is 0 Å². The van der Waals surface area contributed by atoms with Crippen molar-refractivity contribution in [2.45, 2.75) is 50.0 Å². The maximum atomic E-state index is 15.1. The smallest absolute Gasteiger partial charge is 0.226 e. The minimum absolute atomic E-state index is 0.0660. The Kier molecular flexibility index (Phi) is 7.97. The molecule has 0 saturated carbocycles. The number of fused-ring (bicyclic) bond motifs is 1. The van der Waals surface area contributed by atoms with Gasteiger partial charge in [0.25, 0.3) is 0 Å². The Balaban J connectivity index is 1.40. The second-order valence-electron chi connectivity index (χ2n) is 11.2. The number of piperidine rings is 1. The van der Waals surface area contributed by atoms with Gasteiger partial charge in [0.15, 0.2) is 9.84 Å². The number of halogens is 1. The van der Waals surface area contributed by atoms with E-state index in [1.54, 1.807) is 12.3 Å². The molecule has 3 aromatic rings. The van der Waals surface area contributed by atoms with E-state index in [2.05, 4.69) is 14.8 Å². The van der Waals surface area contributed by atoms with Crippen LogP contribution in [0.4, 0.5) is 10.3 Å². The zero-order valence-electron chi connectivity index (χ0n) is 23.5. The van der Waals surface area contributed by atoms with E-state index < -0.39 is 15.7 Å². The molecule has 2 aromatic heterocycles. The third-order valence-electron chi connectivity index (χ3n) is 8.04. The fourth-order valence-corrected chi connectivity index (χ4v) is 6.74. The summed E-state index contributed by atoms with van der Waals surface area (Å²) in [6.07, 6.45) is 7.94. The highest BCUT2D eigenvalue weighted by Gasteiger charge is 2.35. The Morgan fingerprint density at radius 3 is 2.54 bits per heavy atom. The first-order valence-corrected chi connectivity index (χ1v) is 16.3. The number of hydrogen-bond donors (Lipinski definition) is 0. The first-order valence-electron chi connectivity index (χ1n) is 14.2. The number of anilines is 1. The molecule has 3 aliphatic rings. The van der Waals surface area contributed by atoms with E-state index in [0.717, 1.165) is 77.8 Å². The molecule has 0 spiro atoms. The van der Waals surface area contributed by atoms with Crippen LogP contribution in [0.15, 0.2) is 24.4 Å². The van der Waals surface area contributed by atoms with Gasteiger partial charge in [0.1, 0.15) is 23.2 Å². The van der Waals surface area contributed by atoms with Crippen LogP contribution < -0.4 is 14.4 Å². The number of benzene rings is 1. The second-order valence-corrected chi connectivity index (χ2v) is 13.4. The Bertz CT molecular complexity index is 1520. The Morgan fingerprint density at radius 2 is 1.83 bits per heavy atom. The molecule has 1 aromatic carbocycles. The van der Waals surface area contributed by atoms with E-state index in [1.165, 1.54) is 19.2 Å². The number of likely N-dealkylation sites (tertiary alicyclic amines) is 1.